The highest BCUT2D eigenvalue weighted by molar-refractivity contribution is 6.10. The third kappa shape index (κ3) is 1.92. The van der Waals surface area contributed by atoms with E-state index in [0.717, 1.165) is 16.2 Å². The van der Waals surface area contributed by atoms with E-state index in [1.165, 1.54) is 13.2 Å². The zero-order chi connectivity index (χ0) is 14.1. The molecule has 0 saturated carbocycles. The van der Waals surface area contributed by atoms with Crippen molar-refractivity contribution in [1.82, 2.24) is 9.97 Å². The van der Waals surface area contributed by atoms with Crippen LogP contribution in [0.2, 0.25) is 0 Å². The number of rotatable bonds is 3. The van der Waals surface area contributed by atoms with Gasteiger partial charge in [0, 0.05) is 28.6 Å². The number of hydrogen-bond donors (Lipinski definition) is 2. The molecule has 0 unspecified atom stereocenters. The Morgan fingerprint density at radius 1 is 1.25 bits per heavy atom. The van der Waals surface area contributed by atoms with Crippen LogP contribution < -0.4 is 5.48 Å². The first kappa shape index (κ1) is 12.3. The number of carboxylic acid groups (broad SMARTS) is 1. The number of hydrogen-bond acceptors (Lipinski definition) is 5. The number of nitrogens with zero attached hydrogens (tertiary/aromatic N) is 2. The van der Waals surface area contributed by atoms with Crippen LogP contribution in [0.3, 0.4) is 0 Å². The van der Waals surface area contributed by atoms with E-state index in [2.05, 4.69) is 15.4 Å². The maximum atomic E-state index is 11.0. The Morgan fingerprint density at radius 2 is 2.10 bits per heavy atom. The van der Waals surface area contributed by atoms with Crippen molar-refractivity contribution >= 4 is 33.5 Å². The molecule has 2 N–H and O–H groups in total. The third-order valence-electron chi connectivity index (χ3n) is 3.04. The Hall–Kier alpha value is -2.73. The molecule has 6 heteroatoms. The number of benzene rings is 1. The molecule has 0 aliphatic carbocycles. The highest BCUT2D eigenvalue weighted by Crippen LogP contribution is 2.29. The minimum absolute atomic E-state index is 0.191. The standard InChI is InChI=1S/C14H11N3O3/c1-20-17-13-10-4-5-15-7-11(10)9-3-2-8(14(18)19)6-12(9)16-13/h2-7H,1H3,(H,16,17)(H,18,19). The first-order valence-corrected chi connectivity index (χ1v) is 5.90. The molecule has 100 valence electrons. The molecule has 0 bridgehead atoms. The maximum Gasteiger partial charge on any atom is 0.335 e. The molecule has 0 fully saturated rings. The first-order chi connectivity index (χ1) is 9.70. The largest absolute Gasteiger partial charge is 0.478 e. The summed E-state index contributed by atoms with van der Waals surface area (Å²) in [5.74, 6) is -0.457. The van der Waals surface area contributed by atoms with Gasteiger partial charge in [-0.15, -0.1) is 0 Å². The maximum absolute atomic E-state index is 11.0. The summed E-state index contributed by atoms with van der Waals surface area (Å²) in [6.07, 6.45) is 3.39. The summed E-state index contributed by atoms with van der Waals surface area (Å²) in [4.78, 5) is 24.5. The lowest BCUT2D eigenvalue weighted by molar-refractivity contribution is 0.0697. The van der Waals surface area contributed by atoms with Gasteiger partial charge in [-0.3, -0.25) is 9.82 Å². The van der Waals surface area contributed by atoms with Gasteiger partial charge in [0.1, 0.15) is 0 Å². The summed E-state index contributed by atoms with van der Waals surface area (Å²) in [5.41, 5.74) is 3.47. The number of carboxylic acids is 1. The lowest BCUT2D eigenvalue weighted by Gasteiger charge is -2.10. The van der Waals surface area contributed by atoms with Gasteiger partial charge in [-0.2, -0.15) is 0 Å². The van der Waals surface area contributed by atoms with E-state index in [4.69, 9.17) is 9.94 Å². The monoisotopic (exact) mass is 269 g/mol. The van der Waals surface area contributed by atoms with E-state index < -0.39 is 5.97 Å². The Morgan fingerprint density at radius 3 is 2.85 bits per heavy atom. The van der Waals surface area contributed by atoms with Crippen molar-refractivity contribution < 1.29 is 14.7 Å². The van der Waals surface area contributed by atoms with Crippen molar-refractivity contribution in [2.24, 2.45) is 0 Å². The van der Waals surface area contributed by atoms with Crippen LogP contribution in [0.1, 0.15) is 10.4 Å². The minimum Gasteiger partial charge on any atom is -0.478 e. The van der Waals surface area contributed by atoms with E-state index in [1.54, 1.807) is 24.5 Å². The van der Waals surface area contributed by atoms with Gasteiger partial charge in [0.05, 0.1) is 18.2 Å². The Bertz CT molecular complexity index is 817. The molecule has 0 atom stereocenters. The van der Waals surface area contributed by atoms with E-state index in [9.17, 15) is 4.79 Å². The minimum atomic E-state index is -0.985. The third-order valence-corrected chi connectivity index (χ3v) is 3.04. The summed E-state index contributed by atoms with van der Waals surface area (Å²) in [5, 5.41) is 11.6. The van der Waals surface area contributed by atoms with Crippen molar-refractivity contribution in [3.8, 4) is 0 Å². The van der Waals surface area contributed by atoms with E-state index in [1.807, 2.05) is 6.07 Å². The number of fused-ring (bicyclic) bond motifs is 3. The van der Waals surface area contributed by atoms with Crippen molar-refractivity contribution in [2.75, 3.05) is 12.6 Å². The number of nitrogens with one attached hydrogen (secondary N) is 1. The molecule has 0 saturated heterocycles. The number of aromatic carboxylic acids is 1. The van der Waals surface area contributed by atoms with Gasteiger partial charge in [0.25, 0.3) is 0 Å². The molecule has 0 amide bonds. The van der Waals surface area contributed by atoms with Crippen LogP contribution in [0.25, 0.3) is 21.7 Å². The predicted octanol–water partition coefficient (Wildman–Crippen LogP) is 2.45. The summed E-state index contributed by atoms with van der Waals surface area (Å²) < 4.78 is 0. The predicted molar refractivity (Wildman–Crippen MR) is 74.6 cm³/mol. The lowest BCUT2D eigenvalue weighted by atomic mass is 10.1. The fourth-order valence-electron chi connectivity index (χ4n) is 2.16. The van der Waals surface area contributed by atoms with Gasteiger partial charge in [-0.05, 0) is 18.2 Å². The lowest BCUT2D eigenvalue weighted by Crippen LogP contribution is -2.01. The zero-order valence-electron chi connectivity index (χ0n) is 10.6. The highest BCUT2D eigenvalue weighted by atomic mass is 16.6. The van der Waals surface area contributed by atoms with E-state index in [0.29, 0.717) is 11.3 Å². The van der Waals surface area contributed by atoms with Gasteiger partial charge < -0.3 is 5.11 Å². The summed E-state index contributed by atoms with van der Waals surface area (Å²) >= 11 is 0. The smallest absolute Gasteiger partial charge is 0.335 e. The molecule has 20 heavy (non-hydrogen) atoms. The number of carbonyl (C=O) groups is 1. The number of pyridine rings is 2. The second-order valence-electron chi connectivity index (χ2n) is 4.22. The van der Waals surface area contributed by atoms with Crippen LogP contribution in [0, 0.1) is 0 Å². The Kier molecular flexibility index (Phi) is 2.92. The molecule has 2 heterocycles. The van der Waals surface area contributed by atoms with Crippen LogP contribution in [0.5, 0.6) is 0 Å². The van der Waals surface area contributed by atoms with Crippen molar-refractivity contribution in [1.29, 1.82) is 0 Å². The Labute approximate surface area is 114 Å². The molecular formula is C14H11N3O3. The molecule has 0 aliphatic rings. The molecule has 0 radical (unpaired) electrons. The molecule has 3 aromatic rings. The molecule has 6 nitrogen and oxygen atoms in total. The SMILES string of the molecule is CONc1nc2cc(C(=O)O)ccc2c2cnccc12. The Balaban J connectivity index is 2.38. The fraction of sp³-hybridized carbons (Fsp3) is 0.0714. The zero-order valence-corrected chi connectivity index (χ0v) is 10.6. The molecule has 0 spiro atoms. The van der Waals surface area contributed by atoms with Gasteiger partial charge in [0.2, 0.25) is 0 Å². The van der Waals surface area contributed by atoms with Crippen LogP contribution >= 0.6 is 0 Å². The van der Waals surface area contributed by atoms with Gasteiger partial charge in [0.15, 0.2) is 5.82 Å². The van der Waals surface area contributed by atoms with Gasteiger partial charge in [-0.25, -0.2) is 15.3 Å². The summed E-state index contributed by atoms with van der Waals surface area (Å²) in [6.45, 7) is 0. The number of aromatic nitrogens is 2. The average Bonchev–Trinajstić information content (AvgIpc) is 2.47. The van der Waals surface area contributed by atoms with Gasteiger partial charge in [-0.1, -0.05) is 6.07 Å². The van der Waals surface area contributed by atoms with Gasteiger partial charge >= 0.3 is 5.97 Å². The van der Waals surface area contributed by atoms with Crippen molar-refractivity contribution in [3.63, 3.8) is 0 Å². The number of anilines is 1. The summed E-state index contributed by atoms with van der Waals surface area (Å²) in [6, 6.07) is 6.66. The quantitative estimate of drug-likeness (QED) is 0.561. The topological polar surface area (TPSA) is 84.3 Å². The highest BCUT2D eigenvalue weighted by Gasteiger charge is 2.10. The molecule has 2 aromatic heterocycles. The molecule has 3 rings (SSSR count). The average molecular weight is 269 g/mol. The second-order valence-corrected chi connectivity index (χ2v) is 4.22. The summed E-state index contributed by atoms with van der Waals surface area (Å²) in [7, 11) is 1.49. The van der Waals surface area contributed by atoms with Crippen LogP contribution in [0.15, 0.2) is 36.7 Å². The van der Waals surface area contributed by atoms with E-state index >= 15 is 0 Å². The molecule has 1 aromatic carbocycles. The van der Waals surface area contributed by atoms with Crippen molar-refractivity contribution in [2.45, 2.75) is 0 Å². The van der Waals surface area contributed by atoms with Crippen LogP contribution in [-0.2, 0) is 4.84 Å². The van der Waals surface area contributed by atoms with E-state index in [-0.39, 0.29) is 5.56 Å². The van der Waals surface area contributed by atoms with Crippen LogP contribution in [0.4, 0.5) is 5.82 Å². The van der Waals surface area contributed by atoms with Crippen molar-refractivity contribution in [3.05, 3.63) is 42.2 Å². The first-order valence-electron chi connectivity index (χ1n) is 5.90. The molecule has 0 aliphatic heterocycles. The second kappa shape index (κ2) is 4.75. The molecular weight excluding hydrogens is 258 g/mol. The normalized spacial score (nSPS) is 10.8. The van der Waals surface area contributed by atoms with Crippen LogP contribution in [-0.4, -0.2) is 28.2 Å². The fourth-order valence-corrected chi connectivity index (χ4v) is 2.16.